The fourth-order valence-corrected chi connectivity index (χ4v) is 4.45. The number of hydrogen-bond donors (Lipinski definition) is 2. The van der Waals surface area contributed by atoms with E-state index < -0.39 is 0 Å². The highest BCUT2D eigenvalue weighted by Gasteiger charge is 2.16. The number of halogens is 2. The van der Waals surface area contributed by atoms with Gasteiger partial charge in [0.1, 0.15) is 11.6 Å². The summed E-state index contributed by atoms with van der Waals surface area (Å²) in [5.41, 5.74) is 10.1. The van der Waals surface area contributed by atoms with Gasteiger partial charge in [0.25, 0.3) is 0 Å². The quantitative estimate of drug-likeness (QED) is 0.269. The zero-order valence-corrected chi connectivity index (χ0v) is 20.3. The molecule has 1 fully saturated rings. The summed E-state index contributed by atoms with van der Waals surface area (Å²) < 4.78 is 25.1. The first-order valence-electron chi connectivity index (χ1n) is 12.3. The average Bonchev–Trinajstić information content (AvgIpc) is 3.31. The number of rotatable bonds is 6. The predicted octanol–water partition coefficient (Wildman–Crippen LogP) is 5.73. The summed E-state index contributed by atoms with van der Waals surface area (Å²) >= 11 is 0. The minimum Gasteiger partial charge on any atom is -0.399 e. The van der Waals surface area contributed by atoms with Crippen LogP contribution in [0.25, 0.3) is 10.9 Å². The highest BCUT2D eigenvalue weighted by molar-refractivity contribution is 5.84. The van der Waals surface area contributed by atoms with Gasteiger partial charge in [-0.3, -0.25) is 4.90 Å². The molecule has 0 bridgehead atoms. The van der Waals surface area contributed by atoms with Crippen LogP contribution in [0.2, 0.25) is 0 Å². The Kier molecular flexibility index (Phi) is 8.53. The van der Waals surface area contributed by atoms with Crippen LogP contribution in [0.3, 0.4) is 0 Å². The number of nitrogens with two attached hydrogens (primary N) is 1. The van der Waals surface area contributed by atoms with E-state index >= 15 is 0 Å². The number of nitrogens with one attached hydrogen (secondary N) is 1. The molecule has 0 unspecified atom stereocenters. The number of aryl methyl sites for hydroxylation is 1. The fraction of sp³-hybridized carbons (Fsp3) is 0.276. The topological polar surface area (TPSA) is 72.1 Å². The number of anilines is 2. The van der Waals surface area contributed by atoms with Gasteiger partial charge in [0.15, 0.2) is 0 Å². The molecule has 7 heteroatoms. The Morgan fingerprint density at radius 1 is 0.861 bits per heavy atom. The van der Waals surface area contributed by atoms with Crippen LogP contribution >= 0.6 is 0 Å². The molecule has 0 atom stereocenters. The molecule has 0 aliphatic carbocycles. The third-order valence-electron chi connectivity index (χ3n) is 6.50. The Bertz CT molecular complexity index is 1260. The summed E-state index contributed by atoms with van der Waals surface area (Å²) in [7, 11) is 0. The second-order valence-corrected chi connectivity index (χ2v) is 9.00. The van der Waals surface area contributed by atoms with Crippen molar-refractivity contribution in [3.63, 3.8) is 0 Å². The molecular formula is C29H31F2N5. The largest absolute Gasteiger partial charge is 0.399 e. The monoisotopic (exact) mass is 487 g/mol. The van der Waals surface area contributed by atoms with Crippen molar-refractivity contribution in [3.8, 4) is 6.07 Å². The van der Waals surface area contributed by atoms with Crippen molar-refractivity contribution in [2.24, 2.45) is 0 Å². The summed E-state index contributed by atoms with van der Waals surface area (Å²) in [6.07, 6.45) is 5.42. The van der Waals surface area contributed by atoms with Gasteiger partial charge in [-0.2, -0.15) is 5.26 Å². The molecule has 1 aromatic heterocycles. The number of nitrogens with zero attached hydrogens (tertiary/aromatic N) is 3. The van der Waals surface area contributed by atoms with E-state index in [4.69, 9.17) is 11.0 Å². The Balaban J connectivity index is 0.000000325. The number of unbranched alkanes of at least 4 members (excludes halogenated alkanes) is 1. The van der Waals surface area contributed by atoms with E-state index in [2.05, 4.69) is 27.0 Å². The molecule has 4 aromatic rings. The van der Waals surface area contributed by atoms with Crippen molar-refractivity contribution in [2.75, 3.05) is 43.4 Å². The molecule has 3 aromatic carbocycles. The first kappa shape index (κ1) is 25.2. The summed E-state index contributed by atoms with van der Waals surface area (Å²) in [6, 6.07) is 20.5. The van der Waals surface area contributed by atoms with Gasteiger partial charge >= 0.3 is 0 Å². The molecule has 0 amide bonds. The smallest absolute Gasteiger partial charge is 0.123 e. The van der Waals surface area contributed by atoms with Gasteiger partial charge in [-0.25, -0.2) is 8.78 Å². The van der Waals surface area contributed by atoms with E-state index in [1.54, 1.807) is 0 Å². The molecule has 1 aliphatic rings. The van der Waals surface area contributed by atoms with Crippen molar-refractivity contribution in [1.82, 2.24) is 9.88 Å². The van der Waals surface area contributed by atoms with Crippen molar-refractivity contribution >= 4 is 22.3 Å². The van der Waals surface area contributed by atoms with Crippen molar-refractivity contribution in [3.05, 3.63) is 95.7 Å². The van der Waals surface area contributed by atoms with Crippen LogP contribution in [0.1, 0.15) is 24.0 Å². The summed E-state index contributed by atoms with van der Waals surface area (Å²) in [6.45, 7) is 5.20. The molecule has 0 radical (unpaired) electrons. The first-order valence-corrected chi connectivity index (χ1v) is 12.3. The van der Waals surface area contributed by atoms with Crippen LogP contribution in [0.15, 0.2) is 72.9 Å². The number of fused-ring (bicyclic) bond motifs is 1. The van der Waals surface area contributed by atoms with Crippen LogP contribution < -0.4 is 10.6 Å². The minimum atomic E-state index is -0.251. The second kappa shape index (κ2) is 12.2. The molecule has 5 rings (SSSR count). The number of benzene rings is 3. The molecule has 3 N–H and O–H groups in total. The minimum absolute atomic E-state index is 0.179. The maximum absolute atomic E-state index is 13.1. The van der Waals surface area contributed by atoms with Crippen molar-refractivity contribution in [1.29, 1.82) is 5.26 Å². The lowest BCUT2D eigenvalue weighted by molar-refractivity contribution is 0.253. The van der Waals surface area contributed by atoms with Crippen LogP contribution in [-0.2, 0) is 6.42 Å². The summed E-state index contributed by atoms with van der Waals surface area (Å²) in [5.74, 6) is -0.430. The maximum Gasteiger partial charge on any atom is 0.123 e. The first-order chi connectivity index (χ1) is 17.5. The van der Waals surface area contributed by atoms with Crippen LogP contribution in [0.5, 0.6) is 0 Å². The standard InChI is InChI=1S/C23H25FN4.C6H6FN/c24-20-5-7-21(8-6-20)28-13-11-27(12-14-28)10-2-1-3-19-17-26-23-9-4-18(16-25)15-22(19)23;7-5-1-3-6(8)4-2-5/h4-9,15,17,26H,1-3,10-14H2;1-4H,8H2. The van der Waals surface area contributed by atoms with Gasteiger partial charge in [0.05, 0.1) is 11.6 Å². The average molecular weight is 488 g/mol. The number of hydrogen-bond acceptors (Lipinski definition) is 4. The van der Waals surface area contributed by atoms with E-state index in [1.807, 2.05) is 30.3 Å². The highest BCUT2D eigenvalue weighted by atomic mass is 19.1. The fourth-order valence-electron chi connectivity index (χ4n) is 4.45. The molecule has 36 heavy (non-hydrogen) atoms. The second-order valence-electron chi connectivity index (χ2n) is 9.00. The molecule has 0 spiro atoms. The van der Waals surface area contributed by atoms with Crippen molar-refractivity contribution in [2.45, 2.75) is 19.3 Å². The number of aromatic amines is 1. The molecule has 2 heterocycles. The number of aromatic nitrogens is 1. The Labute approximate surface area is 210 Å². The van der Waals surface area contributed by atoms with Gasteiger partial charge in [0, 0.05) is 54.7 Å². The zero-order chi connectivity index (χ0) is 25.3. The van der Waals surface area contributed by atoms with Crippen LogP contribution in [0, 0.1) is 23.0 Å². The number of piperazine rings is 1. The van der Waals surface area contributed by atoms with Gasteiger partial charge in [-0.15, -0.1) is 0 Å². The Morgan fingerprint density at radius 3 is 2.17 bits per heavy atom. The molecule has 5 nitrogen and oxygen atoms in total. The predicted molar refractivity (Wildman–Crippen MR) is 142 cm³/mol. The molecule has 1 saturated heterocycles. The molecule has 1 aliphatic heterocycles. The maximum atomic E-state index is 13.1. The lowest BCUT2D eigenvalue weighted by Crippen LogP contribution is -2.46. The third kappa shape index (κ3) is 6.83. The van der Waals surface area contributed by atoms with E-state index in [9.17, 15) is 8.78 Å². The molecular weight excluding hydrogens is 456 g/mol. The van der Waals surface area contributed by atoms with E-state index in [0.717, 1.165) is 56.8 Å². The van der Waals surface area contributed by atoms with Gasteiger partial charge in [0.2, 0.25) is 0 Å². The lowest BCUT2D eigenvalue weighted by Gasteiger charge is -2.36. The van der Waals surface area contributed by atoms with Gasteiger partial charge < -0.3 is 15.6 Å². The normalized spacial score (nSPS) is 13.8. The molecule has 0 saturated carbocycles. The zero-order valence-electron chi connectivity index (χ0n) is 20.3. The summed E-state index contributed by atoms with van der Waals surface area (Å²) in [5, 5.41) is 10.3. The van der Waals surface area contributed by atoms with Crippen LogP contribution in [0.4, 0.5) is 20.2 Å². The SMILES string of the molecule is N#Cc1ccc2[nH]cc(CCCCN3CCN(c4ccc(F)cc4)CC3)c2c1.Nc1ccc(F)cc1. The van der Waals surface area contributed by atoms with E-state index in [0.29, 0.717) is 11.3 Å². The Hall–Kier alpha value is -3.89. The number of nitriles is 1. The third-order valence-corrected chi connectivity index (χ3v) is 6.50. The lowest BCUT2D eigenvalue weighted by atomic mass is 10.1. The van der Waals surface area contributed by atoms with Crippen LogP contribution in [-0.4, -0.2) is 42.6 Å². The molecule has 186 valence electrons. The van der Waals surface area contributed by atoms with E-state index in [1.165, 1.54) is 53.8 Å². The van der Waals surface area contributed by atoms with Gasteiger partial charge in [-0.05, 0) is 98.1 Å². The van der Waals surface area contributed by atoms with Crippen molar-refractivity contribution < 1.29 is 8.78 Å². The highest BCUT2D eigenvalue weighted by Crippen LogP contribution is 2.22. The Morgan fingerprint density at radius 2 is 1.53 bits per heavy atom. The van der Waals surface area contributed by atoms with E-state index in [-0.39, 0.29) is 11.6 Å². The number of H-pyrrole nitrogens is 1. The van der Waals surface area contributed by atoms with Gasteiger partial charge in [-0.1, -0.05) is 0 Å². The summed E-state index contributed by atoms with van der Waals surface area (Å²) in [4.78, 5) is 8.15. The number of nitrogen functional groups attached to an aromatic ring is 1.